The van der Waals surface area contributed by atoms with E-state index in [0.717, 1.165) is 12.0 Å². The van der Waals surface area contributed by atoms with E-state index < -0.39 is 4.92 Å². The number of aryl methyl sites for hydroxylation is 1. The van der Waals surface area contributed by atoms with Gasteiger partial charge in [-0.3, -0.25) is 10.1 Å². The summed E-state index contributed by atoms with van der Waals surface area (Å²) in [5.74, 6) is 0. The molecule has 0 unspecified atom stereocenters. The SMILES string of the molecule is Cc1cccc([N+](=O)[O-])c1NCCCOCCO. The average Bonchev–Trinajstić information content (AvgIpc) is 2.34. The molecule has 1 aromatic carbocycles. The van der Waals surface area contributed by atoms with Gasteiger partial charge in [-0.1, -0.05) is 12.1 Å². The van der Waals surface area contributed by atoms with Gasteiger partial charge >= 0.3 is 0 Å². The lowest BCUT2D eigenvalue weighted by atomic mass is 10.1. The molecular formula is C12H18N2O4. The van der Waals surface area contributed by atoms with Crippen molar-refractivity contribution in [3.05, 3.63) is 33.9 Å². The van der Waals surface area contributed by atoms with Crippen molar-refractivity contribution < 1.29 is 14.8 Å². The van der Waals surface area contributed by atoms with E-state index >= 15 is 0 Å². The third-order valence-electron chi connectivity index (χ3n) is 2.45. The summed E-state index contributed by atoms with van der Waals surface area (Å²) in [5, 5.41) is 22.4. The molecule has 0 fully saturated rings. The number of ether oxygens (including phenoxy) is 1. The number of benzene rings is 1. The zero-order valence-corrected chi connectivity index (χ0v) is 10.4. The van der Waals surface area contributed by atoms with E-state index in [9.17, 15) is 10.1 Å². The van der Waals surface area contributed by atoms with E-state index in [1.807, 2.05) is 13.0 Å². The Morgan fingerprint density at radius 2 is 2.22 bits per heavy atom. The van der Waals surface area contributed by atoms with Crippen LogP contribution < -0.4 is 5.32 Å². The van der Waals surface area contributed by atoms with E-state index in [0.29, 0.717) is 25.4 Å². The van der Waals surface area contributed by atoms with Crippen LogP contribution in [0.25, 0.3) is 0 Å². The Labute approximate surface area is 106 Å². The summed E-state index contributed by atoms with van der Waals surface area (Å²) in [5.41, 5.74) is 1.50. The minimum absolute atomic E-state index is 0.0106. The number of aliphatic hydroxyl groups excluding tert-OH is 1. The first-order valence-electron chi connectivity index (χ1n) is 5.83. The summed E-state index contributed by atoms with van der Waals surface area (Å²) in [6.45, 7) is 3.28. The number of para-hydroxylation sites is 1. The third-order valence-corrected chi connectivity index (χ3v) is 2.45. The summed E-state index contributed by atoms with van der Waals surface area (Å²) in [6, 6.07) is 4.98. The molecule has 1 aromatic rings. The Bertz CT molecular complexity index is 396. The summed E-state index contributed by atoms with van der Waals surface area (Å²) < 4.78 is 5.10. The second-order valence-electron chi connectivity index (χ2n) is 3.84. The van der Waals surface area contributed by atoms with Crippen molar-refractivity contribution in [2.24, 2.45) is 0 Å². The van der Waals surface area contributed by atoms with Crippen LogP contribution in [0.2, 0.25) is 0 Å². The maximum absolute atomic E-state index is 10.9. The van der Waals surface area contributed by atoms with Crippen LogP contribution in [-0.4, -0.2) is 36.4 Å². The number of rotatable bonds is 8. The van der Waals surface area contributed by atoms with Gasteiger partial charge in [0.1, 0.15) is 5.69 Å². The molecule has 0 aliphatic carbocycles. The highest BCUT2D eigenvalue weighted by Crippen LogP contribution is 2.27. The van der Waals surface area contributed by atoms with Crippen LogP contribution >= 0.6 is 0 Å². The van der Waals surface area contributed by atoms with Crippen LogP contribution in [0.15, 0.2) is 18.2 Å². The molecule has 18 heavy (non-hydrogen) atoms. The quantitative estimate of drug-likeness (QED) is 0.419. The number of nitrogens with one attached hydrogen (secondary N) is 1. The lowest BCUT2D eigenvalue weighted by Gasteiger charge is -2.09. The van der Waals surface area contributed by atoms with E-state index in [1.165, 1.54) is 6.07 Å². The Morgan fingerprint density at radius 3 is 2.89 bits per heavy atom. The third kappa shape index (κ3) is 4.31. The normalized spacial score (nSPS) is 10.3. The smallest absolute Gasteiger partial charge is 0.292 e. The van der Waals surface area contributed by atoms with Crippen LogP contribution in [0, 0.1) is 17.0 Å². The molecule has 0 heterocycles. The topological polar surface area (TPSA) is 84.6 Å². The average molecular weight is 254 g/mol. The molecule has 0 spiro atoms. The number of aliphatic hydroxyl groups is 1. The molecule has 0 atom stereocenters. The first kappa shape index (κ1) is 14.4. The molecule has 0 aromatic heterocycles. The predicted octanol–water partition coefficient (Wildman–Crippen LogP) is 1.71. The van der Waals surface area contributed by atoms with Gasteiger partial charge in [0.15, 0.2) is 0 Å². The molecule has 6 nitrogen and oxygen atoms in total. The monoisotopic (exact) mass is 254 g/mol. The number of nitro benzene ring substituents is 1. The molecule has 0 amide bonds. The Balaban J connectivity index is 2.48. The maximum atomic E-state index is 10.9. The number of hydrogen-bond donors (Lipinski definition) is 2. The van der Waals surface area contributed by atoms with Crippen molar-refractivity contribution in [3.63, 3.8) is 0 Å². The van der Waals surface area contributed by atoms with Gasteiger partial charge in [0.2, 0.25) is 0 Å². The summed E-state index contributed by atoms with van der Waals surface area (Å²) in [4.78, 5) is 10.5. The van der Waals surface area contributed by atoms with Gasteiger partial charge in [0.05, 0.1) is 18.1 Å². The van der Waals surface area contributed by atoms with Crippen molar-refractivity contribution >= 4 is 11.4 Å². The van der Waals surface area contributed by atoms with Gasteiger partial charge in [-0.15, -0.1) is 0 Å². The van der Waals surface area contributed by atoms with E-state index in [-0.39, 0.29) is 12.3 Å². The number of anilines is 1. The van der Waals surface area contributed by atoms with Crippen LogP contribution in [0.5, 0.6) is 0 Å². The van der Waals surface area contributed by atoms with Crippen molar-refractivity contribution in [1.29, 1.82) is 0 Å². The van der Waals surface area contributed by atoms with E-state index in [1.54, 1.807) is 6.07 Å². The Morgan fingerprint density at radius 1 is 1.44 bits per heavy atom. The van der Waals surface area contributed by atoms with Crippen LogP contribution in [-0.2, 0) is 4.74 Å². The fraction of sp³-hybridized carbons (Fsp3) is 0.500. The van der Waals surface area contributed by atoms with Gasteiger partial charge in [-0.05, 0) is 18.9 Å². The minimum Gasteiger partial charge on any atom is -0.394 e. The zero-order chi connectivity index (χ0) is 13.4. The lowest BCUT2D eigenvalue weighted by molar-refractivity contribution is -0.384. The maximum Gasteiger partial charge on any atom is 0.292 e. The van der Waals surface area contributed by atoms with Gasteiger partial charge in [0, 0.05) is 19.2 Å². The molecule has 0 radical (unpaired) electrons. The lowest BCUT2D eigenvalue weighted by Crippen LogP contribution is -2.09. The zero-order valence-electron chi connectivity index (χ0n) is 10.4. The first-order chi connectivity index (χ1) is 8.66. The molecule has 1 rings (SSSR count). The molecule has 0 saturated carbocycles. The highest BCUT2D eigenvalue weighted by molar-refractivity contribution is 5.65. The second-order valence-corrected chi connectivity index (χ2v) is 3.84. The van der Waals surface area contributed by atoms with Gasteiger partial charge < -0.3 is 15.2 Å². The number of hydrogen-bond acceptors (Lipinski definition) is 5. The van der Waals surface area contributed by atoms with Crippen molar-refractivity contribution in [3.8, 4) is 0 Å². The fourth-order valence-electron chi connectivity index (χ4n) is 1.59. The summed E-state index contributed by atoms with van der Waals surface area (Å²) >= 11 is 0. The Hall–Kier alpha value is -1.66. The van der Waals surface area contributed by atoms with Crippen molar-refractivity contribution in [2.75, 3.05) is 31.7 Å². The predicted molar refractivity (Wildman–Crippen MR) is 68.8 cm³/mol. The molecular weight excluding hydrogens is 236 g/mol. The Kier molecular flexibility index (Phi) is 6.10. The standard InChI is InChI=1S/C12H18N2O4/c1-10-4-2-5-11(14(16)17)12(10)13-6-3-8-18-9-7-15/h2,4-5,13,15H,3,6-9H2,1H3. The van der Waals surface area contributed by atoms with E-state index in [4.69, 9.17) is 9.84 Å². The van der Waals surface area contributed by atoms with Crippen molar-refractivity contribution in [1.82, 2.24) is 0 Å². The van der Waals surface area contributed by atoms with Crippen LogP contribution in [0.3, 0.4) is 0 Å². The van der Waals surface area contributed by atoms with Crippen LogP contribution in [0.4, 0.5) is 11.4 Å². The molecule has 0 bridgehead atoms. The largest absolute Gasteiger partial charge is 0.394 e. The number of nitro groups is 1. The van der Waals surface area contributed by atoms with Gasteiger partial charge in [-0.25, -0.2) is 0 Å². The van der Waals surface area contributed by atoms with Crippen molar-refractivity contribution in [2.45, 2.75) is 13.3 Å². The fourth-order valence-corrected chi connectivity index (χ4v) is 1.59. The minimum atomic E-state index is -0.391. The second kappa shape index (κ2) is 7.62. The van der Waals surface area contributed by atoms with E-state index in [2.05, 4.69) is 5.32 Å². The highest BCUT2D eigenvalue weighted by atomic mass is 16.6. The molecule has 6 heteroatoms. The number of nitrogens with zero attached hydrogens (tertiary/aromatic N) is 1. The highest BCUT2D eigenvalue weighted by Gasteiger charge is 2.14. The first-order valence-corrected chi connectivity index (χ1v) is 5.83. The molecule has 0 aliphatic heterocycles. The summed E-state index contributed by atoms with van der Waals surface area (Å²) in [7, 11) is 0. The van der Waals surface area contributed by atoms with Gasteiger partial charge in [-0.2, -0.15) is 0 Å². The molecule has 100 valence electrons. The molecule has 0 aliphatic rings. The van der Waals surface area contributed by atoms with Gasteiger partial charge in [0.25, 0.3) is 5.69 Å². The summed E-state index contributed by atoms with van der Waals surface area (Å²) in [6.07, 6.45) is 0.728. The van der Waals surface area contributed by atoms with Crippen LogP contribution in [0.1, 0.15) is 12.0 Å². The molecule has 2 N–H and O–H groups in total. The molecule has 0 saturated heterocycles.